The van der Waals surface area contributed by atoms with E-state index >= 15 is 0 Å². The molecule has 4 heterocycles. The lowest BCUT2D eigenvalue weighted by atomic mass is 10.1. The number of aromatic amines is 1. The van der Waals surface area contributed by atoms with Crippen LogP contribution in [0, 0.1) is 0 Å². The Hall–Kier alpha value is -2.83. The van der Waals surface area contributed by atoms with Crippen molar-refractivity contribution in [2.24, 2.45) is 0 Å². The van der Waals surface area contributed by atoms with Gasteiger partial charge in [0.05, 0.1) is 24.5 Å². The summed E-state index contributed by atoms with van der Waals surface area (Å²) in [5.41, 5.74) is 3.17. The highest BCUT2D eigenvalue weighted by molar-refractivity contribution is 7.86. The highest BCUT2D eigenvalue weighted by atomic mass is 32.2. The van der Waals surface area contributed by atoms with Crippen LogP contribution < -0.4 is 5.32 Å². The summed E-state index contributed by atoms with van der Waals surface area (Å²) in [7, 11) is -0.528. The standard InChI is InChI=1S/C16H20N8O3S/c1-22(2)28(26,27)23-7-6-12-13(9-23)20-21-15(12)16(25)17-8-11-4-3-5-14-18-10-19-24(11)14/h3-5,10H,6-9H2,1-2H3,(H,17,25)(H,20,21). The van der Waals surface area contributed by atoms with Crippen LogP contribution in [-0.2, 0) is 29.7 Å². The molecule has 0 atom stereocenters. The van der Waals surface area contributed by atoms with E-state index in [1.165, 1.54) is 29.0 Å². The zero-order chi connectivity index (χ0) is 19.9. The van der Waals surface area contributed by atoms with Gasteiger partial charge in [-0.2, -0.15) is 27.2 Å². The van der Waals surface area contributed by atoms with Gasteiger partial charge in [0.15, 0.2) is 11.3 Å². The number of hydrogen-bond donors (Lipinski definition) is 2. The van der Waals surface area contributed by atoms with E-state index in [4.69, 9.17) is 0 Å². The van der Waals surface area contributed by atoms with Gasteiger partial charge in [0.2, 0.25) is 0 Å². The van der Waals surface area contributed by atoms with E-state index in [0.717, 1.165) is 11.3 Å². The number of pyridine rings is 1. The highest BCUT2D eigenvalue weighted by Gasteiger charge is 2.32. The smallest absolute Gasteiger partial charge is 0.281 e. The first-order valence-corrected chi connectivity index (χ1v) is 10.1. The fourth-order valence-electron chi connectivity index (χ4n) is 3.20. The van der Waals surface area contributed by atoms with E-state index in [1.807, 2.05) is 18.2 Å². The minimum absolute atomic E-state index is 0.161. The normalized spacial score (nSPS) is 15.1. The SMILES string of the molecule is CN(C)S(=O)(=O)N1CCc2c(C(=O)NCc3cccc4ncnn34)n[nH]c2C1. The number of carbonyl (C=O) groups is 1. The number of carbonyl (C=O) groups excluding carboxylic acids is 1. The van der Waals surface area contributed by atoms with Crippen molar-refractivity contribution < 1.29 is 13.2 Å². The molecule has 3 aromatic rings. The molecular weight excluding hydrogens is 384 g/mol. The summed E-state index contributed by atoms with van der Waals surface area (Å²) >= 11 is 0. The molecule has 148 valence electrons. The maximum absolute atomic E-state index is 12.6. The molecule has 0 saturated carbocycles. The third-order valence-electron chi connectivity index (χ3n) is 4.71. The second-order valence-corrected chi connectivity index (χ2v) is 8.78. The maximum Gasteiger partial charge on any atom is 0.281 e. The monoisotopic (exact) mass is 404 g/mol. The van der Waals surface area contributed by atoms with Crippen LogP contribution >= 0.6 is 0 Å². The average Bonchev–Trinajstić information content (AvgIpc) is 3.32. The molecule has 0 fully saturated rings. The summed E-state index contributed by atoms with van der Waals surface area (Å²) in [5.74, 6) is -0.321. The number of hydrogen-bond acceptors (Lipinski definition) is 6. The third kappa shape index (κ3) is 3.15. The predicted molar refractivity (Wildman–Crippen MR) is 99.5 cm³/mol. The van der Waals surface area contributed by atoms with E-state index in [2.05, 4.69) is 25.6 Å². The second kappa shape index (κ2) is 6.96. The minimum Gasteiger partial charge on any atom is -0.345 e. The van der Waals surface area contributed by atoms with Crippen LogP contribution in [0.1, 0.15) is 27.4 Å². The molecule has 0 spiro atoms. The first kappa shape index (κ1) is 18.5. The van der Waals surface area contributed by atoms with Crippen molar-refractivity contribution in [3.8, 4) is 0 Å². The van der Waals surface area contributed by atoms with Gasteiger partial charge in [-0.25, -0.2) is 9.50 Å². The molecule has 0 unspecified atom stereocenters. The van der Waals surface area contributed by atoms with Crippen LogP contribution in [0.4, 0.5) is 0 Å². The second-order valence-electron chi connectivity index (χ2n) is 6.63. The quantitative estimate of drug-likeness (QED) is 0.593. The van der Waals surface area contributed by atoms with Crippen molar-refractivity contribution in [2.45, 2.75) is 19.5 Å². The summed E-state index contributed by atoms with van der Waals surface area (Å²) < 4.78 is 28.8. The van der Waals surface area contributed by atoms with Crippen LogP contribution in [-0.4, -0.2) is 68.4 Å². The number of aromatic nitrogens is 5. The molecule has 11 nitrogen and oxygen atoms in total. The number of H-pyrrole nitrogens is 1. The zero-order valence-electron chi connectivity index (χ0n) is 15.5. The van der Waals surface area contributed by atoms with Gasteiger partial charge in [0.25, 0.3) is 16.1 Å². The van der Waals surface area contributed by atoms with Gasteiger partial charge < -0.3 is 5.32 Å². The Morgan fingerprint density at radius 1 is 1.36 bits per heavy atom. The maximum atomic E-state index is 12.6. The van der Waals surface area contributed by atoms with Gasteiger partial charge in [0.1, 0.15) is 6.33 Å². The van der Waals surface area contributed by atoms with Crippen molar-refractivity contribution in [3.05, 3.63) is 47.2 Å². The van der Waals surface area contributed by atoms with Crippen molar-refractivity contribution in [1.29, 1.82) is 0 Å². The third-order valence-corrected chi connectivity index (χ3v) is 6.60. The van der Waals surface area contributed by atoms with Gasteiger partial charge in [0, 0.05) is 26.2 Å². The Morgan fingerprint density at radius 3 is 2.96 bits per heavy atom. The molecule has 0 saturated heterocycles. The first-order valence-electron chi connectivity index (χ1n) is 8.67. The lowest BCUT2D eigenvalue weighted by Gasteiger charge is -2.28. The fraction of sp³-hybridized carbons (Fsp3) is 0.375. The number of nitrogens with zero attached hydrogens (tertiary/aromatic N) is 6. The predicted octanol–water partition coefficient (Wildman–Crippen LogP) is -0.453. The molecule has 12 heteroatoms. The van der Waals surface area contributed by atoms with Crippen LogP contribution in [0.3, 0.4) is 0 Å². The van der Waals surface area contributed by atoms with Crippen LogP contribution in [0.25, 0.3) is 5.65 Å². The van der Waals surface area contributed by atoms with Gasteiger partial charge in [-0.3, -0.25) is 9.89 Å². The first-order chi connectivity index (χ1) is 13.4. The summed E-state index contributed by atoms with van der Waals surface area (Å²) in [4.78, 5) is 16.8. The van der Waals surface area contributed by atoms with Gasteiger partial charge in [-0.15, -0.1) is 0 Å². The molecule has 4 rings (SSSR count). The van der Waals surface area contributed by atoms with Crippen molar-refractivity contribution in [1.82, 2.24) is 38.7 Å². The van der Waals surface area contributed by atoms with Crippen LogP contribution in [0.2, 0.25) is 0 Å². The number of fused-ring (bicyclic) bond motifs is 2. The zero-order valence-corrected chi connectivity index (χ0v) is 16.3. The Bertz CT molecular complexity index is 1130. The molecule has 0 aromatic carbocycles. The molecule has 1 aliphatic heterocycles. The van der Waals surface area contributed by atoms with E-state index in [0.29, 0.717) is 30.0 Å². The lowest BCUT2D eigenvalue weighted by molar-refractivity contribution is 0.0944. The number of rotatable bonds is 5. The van der Waals surface area contributed by atoms with Gasteiger partial charge >= 0.3 is 0 Å². The van der Waals surface area contributed by atoms with Crippen molar-refractivity contribution in [3.63, 3.8) is 0 Å². The van der Waals surface area contributed by atoms with E-state index in [1.54, 1.807) is 4.52 Å². The summed E-state index contributed by atoms with van der Waals surface area (Å²) in [6.45, 7) is 0.724. The van der Waals surface area contributed by atoms with Crippen LogP contribution in [0.15, 0.2) is 24.5 Å². The molecule has 2 N–H and O–H groups in total. The molecule has 0 radical (unpaired) electrons. The largest absolute Gasteiger partial charge is 0.345 e. The summed E-state index contributed by atoms with van der Waals surface area (Å²) in [6, 6.07) is 5.53. The lowest BCUT2D eigenvalue weighted by Crippen LogP contribution is -2.43. The molecular formula is C16H20N8O3S. The van der Waals surface area contributed by atoms with Gasteiger partial charge in [-0.05, 0) is 18.6 Å². The fourth-order valence-corrected chi connectivity index (χ4v) is 4.27. The average molecular weight is 404 g/mol. The van der Waals surface area contributed by atoms with E-state index in [9.17, 15) is 13.2 Å². The van der Waals surface area contributed by atoms with Crippen molar-refractivity contribution in [2.75, 3.05) is 20.6 Å². The Kier molecular flexibility index (Phi) is 4.61. The van der Waals surface area contributed by atoms with Crippen molar-refractivity contribution >= 4 is 21.8 Å². The Morgan fingerprint density at radius 2 is 2.18 bits per heavy atom. The molecule has 3 aromatic heterocycles. The molecule has 0 aliphatic carbocycles. The summed E-state index contributed by atoms with van der Waals surface area (Å²) in [5, 5.41) is 13.9. The Labute approximate surface area is 161 Å². The number of amides is 1. The minimum atomic E-state index is -3.51. The van der Waals surface area contributed by atoms with Gasteiger partial charge in [-0.1, -0.05) is 6.07 Å². The topological polar surface area (TPSA) is 129 Å². The number of nitrogens with one attached hydrogen (secondary N) is 2. The molecule has 28 heavy (non-hydrogen) atoms. The highest BCUT2D eigenvalue weighted by Crippen LogP contribution is 2.23. The summed E-state index contributed by atoms with van der Waals surface area (Å²) in [6.07, 6.45) is 1.87. The molecule has 0 bridgehead atoms. The molecule has 1 amide bonds. The van der Waals surface area contributed by atoms with Crippen LogP contribution in [0.5, 0.6) is 0 Å². The van der Waals surface area contributed by atoms with E-state index in [-0.39, 0.29) is 19.0 Å². The Balaban J connectivity index is 1.49. The molecule has 1 aliphatic rings. The van der Waals surface area contributed by atoms with E-state index < -0.39 is 10.2 Å².